The van der Waals surface area contributed by atoms with Gasteiger partial charge in [-0.25, -0.2) is 8.42 Å². The summed E-state index contributed by atoms with van der Waals surface area (Å²) in [4.78, 5) is 0.163. The second-order valence-electron chi connectivity index (χ2n) is 5.36. The van der Waals surface area contributed by atoms with E-state index in [2.05, 4.69) is 22.9 Å². The van der Waals surface area contributed by atoms with Crippen LogP contribution in [0, 0.1) is 0 Å². The van der Waals surface area contributed by atoms with Crippen molar-refractivity contribution in [1.29, 1.82) is 0 Å². The smallest absolute Gasteiger partial charge is 0.244 e. The molecule has 118 valence electrons. The highest BCUT2D eigenvalue weighted by molar-refractivity contribution is 9.10. The Morgan fingerprint density at radius 3 is 2.81 bits per heavy atom. The third-order valence-corrected chi connectivity index (χ3v) is 7.16. The van der Waals surface area contributed by atoms with Crippen molar-refractivity contribution in [2.24, 2.45) is 0 Å². The molecule has 2 rings (SSSR count). The highest BCUT2D eigenvalue weighted by atomic mass is 79.9. The number of rotatable bonds is 4. The second-order valence-corrected chi connectivity index (χ2v) is 8.45. The molecule has 1 saturated heterocycles. The summed E-state index contributed by atoms with van der Waals surface area (Å²) in [6.07, 6.45) is 4.74. The highest BCUT2D eigenvalue weighted by Crippen LogP contribution is 2.36. The molecule has 1 unspecified atom stereocenters. The van der Waals surface area contributed by atoms with Gasteiger partial charge in [0.1, 0.15) is 0 Å². The number of hydrogen-bond acceptors (Lipinski definition) is 3. The summed E-state index contributed by atoms with van der Waals surface area (Å²) in [6, 6.07) is 3.08. The summed E-state index contributed by atoms with van der Waals surface area (Å²) >= 11 is 9.27. The zero-order valence-electron chi connectivity index (χ0n) is 12.0. The van der Waals surface area contributed by atoms with Crippen LogP contribution in [0.1, 0.15) is 39.0 Å². The standard InChI is InChI=1S/C14H20BrClN2O2S/c1-2-5-11-6-3-4-7-18(11)21(19,20)13-9-10(16)8-12(17)14(13)15/h8-9,11H,2-7,17H2,1H3. The molecule has 1 aliphatic heterocycles. The fraction of sp³-hybridized carbons (Fsp3) is 0.571. The van der Waals surface area contributed by atoms with E-state index in [1.165, 1.54) is 6.07 Å². The summed E-state index contributed by atoms with van der Waals surface area (Å²) in [7, 11) is -3.59. The first-order valence-electron chi connectivity index (χ1n) is 7.14. The normalized spacial score (nSPS) is 20.6. The van der Waals surface area contributed by atoms with Gasteiger partial charge in [-0.05, 0) is 47.3 Å². The molecule has 0 aromatic heterocycles. The van der Waals surface area contributed by atoms with E-state index >= 15 is 0 Å². The lowest BCUT2D eigenvalue weighted by molar-refractivity contribution is 0.239. The van der Waals surface area contributed by atoms with Gasteiger partial charge in [-0.15, -0.1) is 0 Å². The zero-order valence-corrected chi connectivity index (χ0v) is 15.1. The van der Waals surface area contributed by atoms with Crippen molar-refractivity contribution in [1.82, 2.24) is 4.31 Å². The van der Waals surface area contributed by atoms with Gasteiger partial charge in [0.15, 0.2) is 0 Å². The maximum Gasteiger partial charge on any atom is 0.244 e. The number of sulfonamides is 1. The van der Waals surface area contributed by atoms with Crippen molar-refractivity contribution < 1.29 is 8.42 Å². The van der Waals surface area contributed by atoms with Crippen molar-refractivity contribution in [3.8, 4) is 0 Å². The van der Waals surface area contributed by atoms with Gasteiger partial charge in [0.05, 0.1) is 9.37 Å². The molecule has 0 saturated carbocycles. The summed E-state index contributed by atoms with van der Waals surface area (Å²) in [5.41, 5.74) is 6.16. The molecular formula is C14H20BrClN2O2S. The molecule has 1 fully saturated rings. The Bertz CT molecular complexity index is 620. The Balaban J connectivity index is 2.45. The van der Waals surface area contributed by atoms with Gasteiger partial charge < -0.3 is 5.73 Å². The van der Waals surface area contributed by atoms with Crippen LogP contribution in [0.15, 0.2) is 21.5 Å². The Morgan fingerprint density at radius 1 is 1.43 bits per heavy atom. The van der Waals surface area contributed by atoms with Crippen LogP contribution in [0.4, 0.5) is 5.69 Å². The van der Waals surface area contributed by atoms with Crippen LogP contribution in [0.25, 0.3) is 0 Å². The monoisotopic (exact) mass is 394 g/mol. The minimum absolute atomic E-state index is 0.0702. The topological polar surface area (TPSA) is 63.4 Å². The van der Waals surface area contributed by atoms with Gasteiger partial charge in [0.2, 0.25) is 10.0 Å². The van der Waals surface area contributed by atoms with Crippen LogP contribution in [0.5, 0.6) is 0 Å². The van der Waals surface area contributed by atoms with E-state index in [1.54, 1.807) is 10.4 Å². The number of nitrogens with zero attached hydrogens (tertiary/aromatic N) is 1. The molecule has 0 radical (unpaired) electrons. The summed E-state index contributed by atoms with van der Waals surface area (Å²) < 4.78 is 28.0. The molecule has 2 N–H and O–H groups in total. The van der Waals surface area contributed by atoms with E-state index < -0.39 is 10.0 Å². The molecule has 0 amide bonds. The Labute approximate surface area is 139 Å². The van der Waals surface area contributed by atoms with Gasteiger partial charge in [-0.3, -0.25) is 0 Å². The molecule has 1 aliphatic rings. The molecule has 1 aromatic rings. The van der Waals surface area contributed by atoms with Gasteiger partial charge >= 0.3 is 0 Å². The van der Waals surface area contributed by atoms with Gasteiger partial charge in [0.25, 0.3) is 0 Å². The highest BCUT2D eigenvalue weighted by Gasteiger charge is 2.34. The minimum atomic E-state index is -3.59. The van der Waals surface area contributed by atoms with Crippen LogP contribution in [-0.2, 0) is 10.0 Å². The average Bonchev–Trinajstić information content (AvgIpc) is 2.43. The third kappa shape index (κ3) is 3.55. The van der Waals surface area contributed by atoms with E-state index in [-0.39, 0.29) is 10.9 Å². The molecule has 0 bridgehead atoms. The quantitative estimate of drug-likeness (QED) is 0.783. The number of hydrogen-bond donors (Lipinski definition) is 1. The Kier molecular flexibility index (Phi) is 5.57. The number of nitrogens with two attached hydrogens (primary N) is 1. The third-order valence-electron chi connectivity index (χ3n) is 3.81. The van der Waals surface area contributed by atoms with Crippen molar-refractivity contribution in [2.75, 3.05) is 12.3 Å². The number of benzene rings is 1. The van der Waals surface area contributed by atoms with E-state index in [4.69, 9.17) is 17.3 Å². The summed E-state index contributed by atoms with van der Waals surface area (Å²) in [5, 5.41) is 0.332. The lowest BCUT2D eigenvalue weighted by atomic mass is 10.0. The van der Waals surface area contributed by atoms with Crippen molar-refractivity contribution >= 4 is 43.2 Å². The van der Waals surface area contributed by atoms with Crippen LogP contribution < -0.4 is 5.73 Å². The van der Waals surface area contributed by atoms with Gasteiger partial charge in [0, 0.05) is 23.3 Å². The molecule has 0 spiro atoms. The lowest BCUT2D eigenvalue weighted by Crippen LogP contribution is -2.43. The van der Waals surface area contributed by atoms with Crippen molar-refractivity contribution in [3.05, 3.63) is 21.6 Å². The van der Waals surface area contributed by atoms with Crippen molar-refractivity contribution in [3.63, 3.8) is 0 Å². The molecule has 4 nitrogen and oxygen atoms in total. The first kappa shape index (κ1) is 17.1. The molecule has 1 aromatic carbocycles. The van der Waals surface area contributed by atoms with Gasteiger partial charge in [-0.1, -0.05) is 31.4 Å². The van der Waals surface area contributed by atoms with Crippen LogP contribution >= 0.6 is 27.5 Å². The number of anilines is 1. The summed E-state index contributed by atoms with van der Waals surface area (Å²) in [5.74, 6) is 0. The van der Waals surface area contributed by atoms with E-state index in [1.807, 2.05) is 0 Å². The average molecular weight is 396 g/mol. The molecule has 21 heavy (non-hydrogen) atoms. The fourth-order valence-corrected chi connectivity index (χ4v) is 5.79. The van der Waals surface area contributed by atoms with E-state index in [0.717, 1.165) is 32.1 Å². The predicted molar refractivity (Wildman–Crippen MR) is 90.0 cm³/mol. The number of halogens is 2. The zero-order chi connectivity index (χ0) is 15.6. The molecule has 0 aliphatic carbocycles. The lowest BCUT2D eigenvalue weighted by Gasteiger charge is -2.35. The van der Waals surface area contributed by atoms with Crippen LogP contribution in [-0.4, -0.2) is 25.3 Å². The second kappa shape index (κ2) is 6.86. The molecule has 1 atom stereocenters. The minimum Gasteiger partial charge on any atom is -0.398 e. The summed E-state index contributed by atoms with van der Waals surface area (Å²) in [6.45, 7) is 2.64. The molecular weight excluding hydrogens is 376 g/mol. The molecule has 7 heteroatoms. The SMILES string of the molecule is CCCC1CCCCN1S(=O)(=O)c1cc(Cl)cc(N)c1Br. The number of nitrogen functional groups attached to an aromatic ring is 1. The number of piperidine rings is 1. The maximum absolute atomic E-state index is 13.0. The Hall–Kier alpha value is -0.300. The van der Waals surface area contributed by atoms with Crippen LogP contribution in [0.2, 0.25) is 5.02 Å². The Morgan fingerprint density at radius 2 is 2.14 bits per heavy atom. The van der Waals surface area contributed by atoms with E-state index in [0.29, 0.717) is 21.7 Å². The fourth-order valence-electron chi connectivity index (χ4n) is 2.81. The largest absolute Gasteiger partial charge is 0.398 e. The van der Waals surface area contributed by atoms with Gasteiger partial charge in [-0.2, -0.15) is 4.31 Å². The van der Waals surface area contributed by atoms with Crippen molar-refractivity contribution in [2.45, 2.75) is 50.0 Å². The predicted octanol–water partition coefficient (Wildman–Crippen LogP) is 4.03. The van der Waals surface area contributed by atoms with Crippen LogP contribution in [0.3, 0.4) is 0 Å². The maximum atomic E-state index is 13.0. The first-order valence-corrected chi connectivity index (χ1v) is 9.75. The van der Waals surface area contributed by atoms with E-state index in [9.17, 15) is 8.42 Å². The molecule has 1 heterocycles. The first-order chi connectivity index (χ1) is 9.87.